The molecule has 0 spiro atoms. The molecule has 0 saturated carbocycles. The van der Waals surface area contributed by atoms with Crippen molar-refractivity contribution in [2.75, 3.05) is 27.2 Å². The molecule has 0 aliphatic heterocycles. The normalized spacial score (nSPS) is 9.73. The Balaban J connectivity index is 2.64. The second-order valence-corrected chi connectivity index (χ2v) is 2.92. The Morgan fingerprint density at radius 3 is 3.00 bits per heavy atom. The maximum Gasteiger partial charge on any atom is 0.256 e. The summed E-state index contributed by atoms with van der Waals surface area (Å²) in [5.74, 6) is 0.176. The molecule has 0 radical (unpaired) electrons. The number of carbonyl (C=O) groups is 1. The van der Waals surface area contributed by atoms with E-state index >= 15 is 0 Å². The highest BCUT2D eigenvalue weighted by Crippen LogP contribution is 2.12. The summed E-state index contributed by atoms with van der Waals surface area (Å²) >= 11 is 0. The lowest BCUT2D eigenvalue weighted by Gasteiger charge is -2.07. The van der Waals surface area contributed by atoms with Crippen LogP contribution in [-0.2, 0) is 0 Å². The number of nitrogens with one attached hydrogen (secondary N) is 2. The number of amides is 1. The van der Waals surface area contributed by atoms with Crippen LogP contribution < -0.4 is 15.4 Å². The van der Waals surface area contributed by atoms with Crippen molar-refractivity contribution in [3.05, 3.63) is 23.9 Å². The van der Waals surface area contributed by atoms with E-state index in [2.05, 4.69) is 15.6 Å². The molecule has 1 aromatic rings. The molecule has 15 heavy (non-hydrogen) atoms. The summed E-state index contributed by atoms with van der Waals surface area (Å²) < 4.78 is 4.99. The Morgan fingerprint density at radius 2 is 2.33 bits per heavy atom. The molecule has 1 amide bonds. The third kappa shape index (κ3) is 3.21. The lowest BCUT2D eigenvalue weighted by atomic mass is 10.2. The van der Waals surface area contributed by atoms with Gasteiger partial charge in [0.1, 0.15) is 5.56 Å². The highest BCUT2D eigenvalue weighted by Gasteiger charge is 2.11. The number of nitrogens with zero attached hydrogens (tertiary/aromatic N) is 1. The van der Waals surface area contributed by atoms with E-state index in [1.165, 1.54) is 7.11 Å². The minimum Gasteiger partial charge on any atom is -0.480 e. The Kier molecular flexibility index (Phi) is 4.56. The van der Waals surface area contributed by atoms with Crippen LogP contribution in [0.5, 0.6) is 5.88 Å². The fourth-order valence-electron chi connectivity index (χ4n) is 1.12. The topological polar surface area (TPSA) is 63.2 Å². The third-order valence-corrected chi connectivity index (χ3v) is 1.87. The van der Waals surface area contributed by atoms with Gasteiger partial charge < -0.3 is 15.4 Å². The molecule has 0 aromatic carbocycles. The van der Waals surface area contributed by atoms with E-state index in [0.29, 0.717) is 18.0 Å². The molecular formula is C10H15N3O2. The Bertz CT molecular complexity index is 328. The molecule has 5 heteroatoms. The van der Waals surface area contributed by atoms with Crippen molar-refractivity contribution < 1.29 is 9.53 Å². The molecule has 0 saturated heterocycles. The van der Waals surface area contributed by atoms with Crippen molar-refractivity contribution in [2.24, 2.45) is 0 Å². The first-order chi connectivity index (χ1) is 7.29. The first kappa shape index (κ1) is 11.5. The summed E-state index contributed by atoms with van der Waals surface area (Å²) in [4.78, 5) is 15.6. The van der Waals surface area contributed by atoms with Gasteiger partial charge in [-0.3, -0.25) is 4.79 Å². The van der Waals surface area contributed by atoms with E-state index in [1.807, 2.05) is 7.05 Å². The highest BCUT2D eigenvalue weighted by molar-refractivity contribution is 5.96. The minimum atomic E-state index is -0.171. The number of rotatable bonds is 5. The predicted octanol–water partition coefficient (Wildman–Crippen LogP) is 0.0394. The molecule has 0 atom stereocenters. The number of ether oxygens (including phenoxy) is 1. The van der Waals surface area contributed by atoms with E-state index in [1.54, 1.807) is 18.3 Å². The molecule has 0 bridgehead atoms. The van der Waals surface area contributed by atoms with Crippen LogP contribution in [0.25, 0.3) is 0 Å². The number of pyridine rings is 1. The average molecular weight is 209 g/mol. The van der Waals surface area contributed by atoms with Crippen LogP contribution in [0.4, 0.5) is 0 Å². The molecule has 0 aliphatic rings. The van der Waals surface area contributed by atoms with Crippen LogP contribution in [0, 0.1) is 0 Å². The van der Waals surface area contributed by atoms with Crippen molar-refractivity contribution in [3.63, 3.8) is 0 Å². The van der Waals surface area contributed by atoms with Crippen LogP contribution in [0.3, 0.4) is 0 Å². The maximum atomic E-state index is 11.6. The second kappa shape index (κ2) is 5.98. The summed E-state index contributed by atoms with van der Waals surface area (Å²) in [5.41, 5.74) is 0.455. The van der Waals surface area contributed by atoms with Gasteiger partial charge in [-0.15, -0.1) is 0 Å². The lowest BCUT2D eigenvalue weighted by molar-refractivity contribution is 0.0950. The van der Waals surface area contributed by atoms with Gasteiger partial charge in [0.25, 0.3) is 5.91 Å². The Morgan fingerprint density at radius 1 is 1.53 bits per heavy atom. The van der Waals surface area contributed by atoms with Gasteiger partial charge in [0.05, 0.1) is 7.11 Å². The van der Waals surface area contributed by atoms with Gasteiger partial charge in [-0.2, -0.15) is 0 Å². The Hall–Kier alpha value is -1.62. The number of likely N-dealkylation sites (N-methyl/N-ethyl adjacent to an activating group) is 1. The largest absolute Gasteiger partial charge is 0.480 e. The van der Waals surface area contributed by atoms with Crippen LogP contribution >= 0.6 is 0 Å². The number of hydrogen-bond acceptors (Lipinski definition) is 4. The van der Waals surface area contributed by atoms with Crippen molar-refractivity contribution in [3.8, 4) is 5.88 Å². The van der Waals surface area contributed by atoms with E-state index in [9.17, 15) is 4.79 Å². The number of hydrogen-bond donors (Lipinski definition) is 2. The van der Waals surface area contributed by atoms with Crippen LogP contribution in [-0.4, -0.2) is 38.1 Å². The SMILES string of the molecule is CNCCNC(=O)c1cccnc1OC. The van der Waals surface area contributed by atoms with Gasteiger partial charge in [-0.05, 0) is 19.2 Å². The van der Waals surface area contributed by atoms with Crippen molar-refractivity contribution in [1.82, 2.24) is 15.6 Å². The molecule has 0 unspecified atom stereocenters. The van der Waals surface area contributed by atoms with Crippen LogP contribution in [0.15, 0.2) is 18.3 Å². The predicted molar refractivity (Wildman–Crippen MR) is 57.0 cm³/mol. The zero-order chi connectivity index (χ0) is 11.1. The number of carbonyl (C=O) groups excluding carboxylic acids is 1. The zero-order valence-corrected chi connectivity index (χ0v) is 8.91. The summed E-state index contributed by atoms with van der Waals surface area (Å²) in [6.07, 6.45) is 1.59. The fraction of sp³-hybridized carbons (Fsp3) is 0.400. The smallest absolute Gasteiger partial charge is 0.256 e. The first-order valence-electron chi connectivity index (χ1n) is 4.71. The van der Waals surface area contributed by atoms with Gasteiger partial charge in [-0.25, -0.2) is 4.98 Å². The molecule has 2 N–H and O–H groups in total. The van der Waals surface area contributed by atoms with Crippen LogP contribution in [0.1, 0.15) is 10.4 Å². The minimum absolute atomic E-state index is 0.171. The zero-order valence-electron chi connectivity index (χ0n) is 8.91. The van der Waals surface area contributed by atoms with Gasteiger partial charge in [0.15, 0.2) is 0 Å². The molecular weight excluding hydrogens is 194 g/mol. The monoisotopic (exact) mass is 209 g/mol. The second-order valence-electron chi connectivity index (χ2n) is 2.92. The molecule has 5 nitrogen and oxygen atoms in total. The molecule has 1 rings (SSSR count). The van der Waals surface area contributed by atoms with Gasteiger partial charge in [0.2, 0.25) is 5.88 Å². The summed E-state index contributed by atoms with van der Waals surface area (Å²) in [5, 5.41) is 5.69. The summed E-state index contributed by atoms with van der Waals surface area (Å²) in [6, 6.07) is 3.38. The maximum absolute atomic E-state index is 11.6. The lowest BCUT2D eigenvalue weighted by Crippen LogP contribution is -2.30. The van der Waals surface area contributed by atoms with E-state index in [4.69, 9.17) is 4.74 Å². The fourth-order valence-corrected chi connectivity index (χ4v) is 1.12. The first-order valence-corrected chi connectivity index (χ1v) is 4.71. The number of methoxy groups -OCH3 is 1. The van der Waals surface area contributed by atoms with Crippen molar-refractivity contribution >= 4 is 5.91 Å². The standard InChI is InChI=1S/C10H15N3O2/c1-11-6-7-12-9(14)8-4-3-5-13-10(8)15-2/h3-5,11H,6-7H2,1-2H3,(H,12,14). The molecule has 82 valence electrons. The summed E-state index contributed by atoms with van der Waals surface area (Å²) in [7, 11) is 3.32. The quantitative estimate of drug-likeness (QED) is 0.672. The molecule has 1 heterocycles. The summed E-state index contributed by atoms with van der Waals surface area (Å²) in [6.45, 7) is 1.31. The van der Waals surface area contributed by atoms with Gasteiger partial charge in [0, 0.05) is 19.3 Å². The molecule has 0 aliphatic carbocycles. The highest BCUT2D eigenvalue weighted by atomic mass is 16.5. The van der Waals surface area contributed by atoms with Crippen molar-refractivity contribution in [2.45, 2.75) is 0 Å². The molecule has 1 aromatic heterocycles. The van der Waals surface area contributed by atoms with E-state index in [-0.39, 0.29) is 5.91 Å². The average Bonchev–Trinajstić information content (AvgIpc) is 2.29. The van der Waals surface area contributed by atoms with Crippen molar-refractivity contribution in [1.29, 1.82) is 0 Å². The third-order valence-electron chi connectivity index (χ3n) is 1.87. The van der Waals surface area contributed by atoms with Gasteiger partial charge >= 0.3 is 0 Å². The molecule has 0 fully saturated rings. The Labute approximate surface area is 88.9 Å². The van der Waals surface area contributed by atoms with Crippen LogP contribution in [0.2, 0.25) is 0 Å². The van der Waals surface area contributed by atoms with E-state index in [0.717, 1.165) is 6.54 Å². The number of aromatic nitrogens is 1. The van der Waals surface area contributed by atoms with Gasteiger partial charge in [-0.1, -0.05) is 0 Å². The van der Waals surface area contributed by atoms with E-state index < -0.39 is 0 Å².